The van der Waals surface area contributed by atoms with Gasteiger partial charge in [0.25, 0.3) is 0 Å². The van der Waals surface area contributed by atoms with Crippen LogP contribution in [0.4, 0.5) is 4.79 Å². The maximum atomic E-state index is 11.7. The fraction of sp³-hybridized carbons (Fsp3) is 0.818. The molecule has 0 unspecified atom stereocenters. The second-order valence-electron chi connectivity index (χ2n) is 4.68. The summed E-state index contributed by atoms with van der Waals surface area (Å²) in [7, 11) is 2.03. The summed E-state index contributed by atoms with van der Waals surface area (Å²) in [5.41, 5.74) is 4.98. The molecule has 0 atom stereocenters. The minimum absolute atomic E-state index is 0.0530. The van der Waals surface area contributed by atoms with Crippen molar-refractivity contribution >= 4 is 11.9 Å². The summed E-state index contributed by atoms with van der Waals surface area (Å²) >= 11 is 0. The zero-order valence-electron chi connectivity index (χ0n) is 10.7. The predicted octanol–water partition coefficient (Wildman–Crippen LogP) is 0.0960. The van der Waals surface area contributed by atoms with E-state index in [2.05, 4.69) is 15.5 Å². The number of nitrogens with one attached hydrogen (secondary N) is 3. The number of nitrogens with zero attached hydrogens (tertiary/aromatic N) is 1. The fourth-order valence-electron chi connectivity index (χ4n) is 1.96. The lowest BCUT2D eigenvalue weighted by atomic mass is 9.86. The van der Waals surface area contributed by atoms with Crippen molar-refractivity contribution in [3.63, 3.8) is 0 Å². The van der Waals surface area contributed by atoms with Crippen molar-refractivity contribution in [2.75, 3.05) is 26.7 Å². The number of amides is 2. The molecule has 0 aliphatic carbocycles. The van der Waals surface area contributed by atoms with Gasteiger partial charge in [-0.15, -0.1) is 0 Å². The van der Waals surface area contributed by atoms with Gasteiger partial charge in [0.2, 0.25) is 0 Å². The number of amidine groups is 1. The zero-order valence-corrected chi connectivity index (χ0v) is 10.7. The molecule has 1 saturated heterocycles. The summed E-state index contributed by atoms with van der Waals surface area (Å²) in [5, 5.41) is 13.3. The Labute approximate surface area is 102 Å². The Morgan fingerprint density at radius 2 is 2.06 bits per heavy atom. The average molecular weight is 241 g/mol. The van der Waals surface area contributed by atoms with Gasteiger partial charge in [0.1, 0.15) is 11.4 Å². The van der Waals surface area contributed by atoms with Gasteiger partial charge in [-0.1, -0.05) is 6.92 Å². The Balaban J connectivity index is 2.60. The summed E-state index contributed by atoms with van der Waals surface area (Å²) in [6.07, 6.45) is 2.28. The number of piperidine rings is 1. The molecular formula is C11H23N5O. The largest absolute Gasteiger partial charge is 0.386 e. The molecule has 0 aromatic rings. The highest BCUT2D eigenvalue weighted by Crippen LogP contribution is 2.21. The van der Waals surface area contributed by atoms with E-state index < -0.39 is 5.54 Å². The van der Waals surface area contributed by atoms with Gasteiger partial charge in [-0.2, -0.15) is 0 Å². The van der Waals surface area contributed by atoms with E-state index in [1.807, 2.05) is 14.0 Å². The van der Waals surface area contributed by atoms with Crippen molar-refractivity contribution in [3.8, 4) is 0 Å². The molecule has 6 heteroatoms. The van der Waals surface area contributed by atoms with Crippen LogP contribution in [-0.2, 0) is 0 Å². The number of hydrogen-bond acceptors (Lipinski definition) is 3. The molecule has 1 rings (SSSR count). The van der Waals surface area contributed by atoms with Crippen molar-refractivity contribution < 1.29 is 4.79 Å². The second-order valence-corrected chi connectivity index (χ2v) is 4.68. The van der Waals surface area contributed by atoms with Gasteiger partial charge in [-0.25, -0.2) is 4.79 Å². The number of hydrogen-bond donors (Lipinski definition) is 4. The monoisotopic (exact) mass is 241 g/mol. The number of rotatable bonds is 4. The highest BCUT2D eigenvalue weighted by molar-refractivity contribution is 5.91. The van der Waals surface area contributed by atoms with Crippen molar-refractivity contribution in [1.82, 2.24) is 15.5 Å². The molecule has 0 radical (unpaired) electrons. The van der Waals surface area contributed by atoms with Crippen LogP contribution in [0.3, 0.4) is 0 Å². The predicted molar refractivity (Wildman–Crippen MR) is 68.2 cm³/mol. The van der Waals surface area contributed by atoms with Crippen molar-refractivity contribution in [2.24, 2.45) is 5.73 Å². The lowest BCUT2D eigenvalue weighted by Gasteiger charge is -2.40. The van der Waals surface area contributed by atoms with E-state index >= 15 is 0 Å². The normalized spacial score (nSPS) is 19.6. The van der Waals surface area contributed by atoms with Gasteiger partial charge in [0, 0.05) is 19.6 Å². The second kappa shape index (κ2) is 5.86. The van der Waals surface area contributed by atoms with E-state index in [1.165, 1.54) is 0 Å². The fourth-order valence-corrected chi connectivity index (χ4v) is 1.96. The number of nitrogens with two attached hydrogens (primary N) is 1. The van der Waals surface area contributed by atoms with Crippen LogP contribution in [0.5, 0.6) is 0 Å². The van der Waals surface area contributed by atoms with Crippen LogP contribution in [0.1, 0.15) is 26.2 Å². The highest BCUT2D eigenvalue weighted by atomic mass is 16.2. The molecule has 1 heterocycles. The number of urea groups is 1. The van der Waals surface area contributed by atoms with Gasteiger partial charge in [-0.3, -0.25) is 5.41 Å². The SMILES string of the molecule is CCCNC(=O)NC1(C(=N)N)CCN(C)CC1. The average Bonchev–Trinajstić information content (AvgIpc) is 2.29. The van der Waals surface area contributed by atoms with E-state index in [1.54, 1.807) is 0 Å². The molecule has 2 amide bonds. The summed E-state index contributed by atoms with van der Waals surface area (Å²) in [6, 6.07) is -0.230. The topological polar surface area (TPSA) is 94.2 Å². The maximum absolute atomic E-state index is 11.7. The molecule has 6 nitrogen and oxygen atoms in total. The number of carbonyl (C=O) groups excluding carboxylic acids is 1. The van der Waals surface area contributed by atoms with E-state index in [4.69, 9.17) is 11.1 Å². The van der Waals surface area contributed by atoms with E-state index in [0.717, 1.165) is 19.5 Å². The Kier molecular flexibility index (Phi) is 4.74. The molecule has 0 aromatic carbocycles. The Morgan fingerprint density at radius 1 is 1.47 bits per heavy atom. The van der Waals surface area contributed by atoms with Crippen LogP contribution < -0.4 is 16.4 Å². The van der Waals surface area contributed by atoms with Gasteiger partial charge < -0.3 is 21.3 Å². The summed E-state index contributed by atoms with van der Waals surface area (Å²) < 4.78 is 0. The third-order valence-electron chi connectivity index (χ3n) is 3.24. The molecule has 5 N–H and O–H groups in total. The summed E-state index contributed by atoms with van der Waals surface area (Å²) in [4.78, 5) is 13.8. The minimum Gasteiger partial charge on any atom is -0.386 e. The lowest BCUT2D eigenvalue weighted by Crippen LogP contribution is -2.63. The molecule has 0 aromatic heterocycles. The Morgan fingerprint density at radius 3 is 2.53 bits per heavy atom. The van der Waals surface area contributed by atoms with Crippen molar-refractivity contribution in [1.29, 1.82) is 5.41 Å². The quantitative estimate of drug-likeness (QED) is 0.415. The van der Waals surface area contributed by atoms with Gasteiger partial charge in [0.15, 0.2) is 0 Å². The third-order valence-corrected chi connectivity index (χ3v) is 3.24. The van der Waals surface area contributed by atoms with Crippen LogP contribution in [0.25, 0.3) is 0 Å². The van der Waals surface area contributed by atoms with Gasteiger partial charge in [-0.05, 0) is 26.3 Å². The van der Waals surface area contributed by atoms with Gasteiger partial charge in [0.05, 0.1) is 0 Å². The lowest BCUT2D eigenvalue weighted by molar-refractivity contribution is 0.192. The smallest absolute Gasteiger partial charge is 0.315 e. The molecule has 0 saturated carbocycles. The molecular weight excluding hydrogens is 218 g/mol. The van der Waals surface area contributed by atoms with Gasteiger partial charge >= 0.3 is 6.03 Å². The molecule has 1 aliphatic heterocycles. The first kappa shape index (κ1) is 13.8. The third kappa shape index (κ3) is 3.59. The molecule has 17 heavy (non-hydrogen) atoms. The van der Waals surface area contributed by atoms with Crippen LogP contribution >= 0.6 is 0 Å². The Hall–Kier alpha value is -1.30. The summed E-state index contributed by atoms with van der Waals surface area (Å²) in [6.45, 7) is 4.32. The standard InChI is InChI=1S/C11H23N5O/c1-3-6-14-10(17)15-11(9(12)13)4-7-16(2)8-5-11/h3-8H2,1-2H3,(H3,12,13)(H2,14,15,17). The molecule has 0 spiro atoms. The Bertz CT molecular complexity index is 284. The minimum atomic E-state index is -0.662. The van der Waals surface area contributed by atoms with E-state index in [0.29, 0.717) is 19.4 Å². The molecule has 1 aliphatic rings. The van der Waals surface area contributed by atoms with Crippen LogP contribution in [0.15, 0.2) is 0 Å². The van der Waals surface area contributed by atoms with Crippen molar-refractivity contribution in [2.45, 2.75) is 31.7 Å². The molecule has 0 bridgehead atoms. The van der Waals surface area contributed by atoms with Crippen LogP contribution in [0, 0.1) is 5.41 Å². The van der Waals surface area contributed by atoms with E-state index in [-0.39, 0.29) is 11.9 Å². The van der Waals surface area contributed by atoms with Crippen LogP contribution in [-0.4, -0.2) is 49.0 Å². The first-order chi connectivity index (χ1) is 8.00. The number of carbonyl (C=O) groups is 1. The van der Waals surface area contributed by atoms with Crippen molar-refractivity contribution in [3.05, 3.63) is 0 Å². The number of likely N-dealkylation sites (tertiary alicyclic amines) is 1. The van der Waals surface area contributed by atoms with Crippen LogP contribution in [0.2, 0.25) is 0 Å². The summed E-state index contributed by atoms with van der Waals surface area (Å²) in [5.74, 6) is 0.0530. The highest BCUT2D eigenvalue weighted by Gasteiger charge is 2.38. The first-order valence-corrected chi connectivity index (χ1v) is 6.09. The maximum Gasteiger partial charge on any atom is 0.315 e. The molecule has 1 fully saturated rings. The zero-order chi connectivity index (χ0) is 12.9. The first-order valence-electron chi connectivity index (χ1n) is 6.09. The molecule has 98 valence electrons. The van der Waals surface area contributed by atoms with E-state index in [9.17, 15) is 4.79 Å².